The predicted octanol–water partition coefficient (Wildman–Crippen LogP) is 3.37. The summed E-state index contributed by atoms with van der Waals surface area (Å²) in [6.07, 6.45) is 0. The number of anilines is 2. The smallest absolute Gasteiger partial charge is 0.261 e. The number of amides is 1. The molecule has 0 saturated heterocycles. The molecular weight excluding hydrogens is 331 g/mol. The highest BCUT2D eigenvalue weighted by atomic mass is 32.2. The van der Waals surface area contributed by atoms with Crippen molar-refractivity contribution in [2.45, 2.75) is 18.7 Å². The maximum atomic E-state index is 13.2. The van der Waals surface area contributed by atoms with Gasteiger partial charge < -0.3 is 5.32 Å². The van der Waals surface area contributed by atoms with Crippen LogP contribution in [0.3, 0.4) is 0 Å². The van der Waals surface area contributed by atoms with Crippen LogP contribution in [0.5, 0.6) is 0 Å². The number of hydrogen-bond donors (Lipinski definition) is 2. The summed E-state index contributed by atoms with van der Waals surface area (Å²) >= 11 is 0. The molecule has 0 aromatic heterocycles. The van der Waals surface area contributed by atoms with Crippen LogP contribution < -0.4 is 10.0 Å². The average Bonchev–Trinajstić information content (AvgIpc) is 2.81. The van der Waals surface area contributed by atoms with Crippen molar-refractivity contribution in [2.75, 3.05) is 10.0 Å². The van der Waals surface area contributed by atoms with E-state index in [-0.39, 0.29) is 16.5 Å². The van der Waals surface area contributed by atoms with E-state index in [1.807, 2.05) is 0 Å². The van der Waals surface area contributed by atoms with Gasteiger partial charge in [-0.25, -0.2) is 12.8 Å². The van der Waals surface area contributed by atoms with Gasteiger partial charge in [-0.05, 0) is 50.2 Å². The molecule has 7 heteroatoms. The summed E-state index contributed by atoms with van der Waals surface area (Å²) in [4.78, 5) is 12.0. The Morgan fingerprint density at radius 2 is 1.88 bits per heavy atom. The minimum Gasteiger partial charge on any atom is -0.321 e. The standard InChI is InChI=1S/C17H15FN2O3S/c1-10(2)16-14-9-13(6-7-15(14)19-17(16)21)24(22,23)20-12-5-3-4-11(18)8-12/h3-9,20H,1-2H3,(H,19,21). The second-order valence-corrected chi connectivity index (χ2v) is 7.33. The first kappa shape index (κ1) is 16.2. The zero-order valence-electron chi connectivity index (χ0n) is 13.1. The molecule has 0 aliphatic carbocycles. The van der Waals surface area contributed by atoms with Crippen LogP contribution in [0, 0.1) is 5.82 Å². The Hall–Kier alpha value is -2.67. The zero-order chi connectivity index (χ0) is 17.5. The molecule has 1 heterocycles. The highest BCUT2D eigenvalue weighted by Crippen LogP contribution is 2.35. The summed E-state index contributed by atoms with van der Waals surface area (Å²) in [5, 5.41) is 2.70. The number of benzene rings is 2. The van der Waals surface area contributed by atoms with Crippen LogP contribution in [0.25, 0.3) is 5.57 Å². The highest BCUT2D eigenvalue weighted by molar-refractivity contribution is 7.92. The molecule has 0 atom stereocenters. The Labute approximate surface area is 139 Å². The summed E-state index contributed by atoms with van der Waals surface area (Å²) < 4.78 is 40.6. The van der Waals surface area contributed by atoms with Gasteiger partial charge in [-0.3, -0.25) is 9.52 Å². The maximum absolute atomic E-state index is 13.2. The molecule has 1 aliphatic rings. The number of fused-ring (bicyclic) bond motifs is 1. The van der Waals surface area contributed by atoms with Gasteiger partial charge in [0.1, 0.15) is 5.82 Å². The van der Waals surface area contributed by atoms with Crippen molar-refractivity contribution in [3.05, 3.63) is 59.4 Å². The summed E-state index contributed by atoms with van der Waals surface area (Å²) in [6, 6.07) is 9.58. The third-order valence-electron chi connectivity index (χ3n) is 3.62. The summed E-state index contributed by atoms with van der Waals surface area (Å²) in [5.41, 5.74) is 2.50. The van der Waals surface area contributed by atoms with Gasteiger partial charge in [0.25, 0.3) is 15.9 Å². The Kier molecular flexibility index (Phi) is 3.88. The van der Waals surface area contributed by atoms with E-state index in [2.05, 4.69) is 10.0 Å². The van der Waals surface area contributed by atoms with Gasteiger partial charge in [0.15, 0.2) is 0 Å². The van der Waals surface area contributed by atoms with Crippen molar-refractivity contribution >= 4 is 32.9 Å². The lowest BCUT2D eigenvalue weighted by Gasteiger charge is -2.10. The van der Waals surface area contributed by atoms with Crippen LogP contribution in [0.4, 0.5) is 15.8 Å². The molecule has 1 aliphatic heterocycles. The normalized spacial score (nSPS) is 13.5. The van der Waals surface area contributed by atoms with Gasteiger partial charge in [0.05, 0.1) is 10.6 Å². The van der Waals surface area contributed by atoms with Crippen molar-refractivity contribution in [3.63, 3.8) is 0 Å². The molecule has 3 rings (SSSR count). The third kappa shape index (κ3) is 2.90. The van der Waals surface area contributed by atoms with Gasteiger partial charge in [0, 0.05) is 16.8 Å². The Balaban J connectivity index is 2.02. The fourth-order valence-corrected chi connectivity index (χ4v) is 3.65. The second kappa shape index (κ2) is 5.76. The molecule has 0 radical (unpaired) electrons. The van der Waals surface area contributed by atoms with Crippen molar-refractivity contribution in [2.24, 2.45) is 0 Å². The summed E-state index contributed by atoms with van der Waals surface area (Å²) in [5.74, 6) is -0.789. The molecule has 2 aromatic carbocycles. The van der Waals surface area contributed by atoms with E-state index < -0.39 is 15.8 Å². The number of carbonyl (C=O) groups excluding carboxylic acids is 1. The fraction of sp³-hybridized carbons (Fsp3) is 0.118. The number of nitrogens with one attached hydrogen (secondary N) is 2. The van der Waals surface area contributed by atoms with Crippen LogP contribution in [-0.4, -0.2) is 14.3 Å². The third-order valence-corrected chi connectivity index (χ3v) is 5.00. The van der Waals surface area contributed by atoms with Crippen LogP contribution >= 0.6 is 0 Å². The van der Waals surface area contributed by atoms with E-state index in [1.165, 1.54) is 30.3 Å². The topological polar surface area (TPSA) is 75.3 Å². The number of hydrogen-bond acceptors (Lipinski definition) is 3. The van der Waals surface area contributed by atoms with Gasteiger partial charge >= 0.3 is 0 Å². The first-order valence-corrected chi connectivity index (χ1v) is 8.68. The first-order chi connectivity index (χ1) is 11.3. The quantitative estimate of drug-likeness (QED) is 0.837. The van der Waals surface area contributed by atoms with Gasteiger partial charge in [-0.1, -0.05) is 11.6 Å². The van der Waals surface area contributed by atoms with Crippen molar-refractivity contribution < 1.29 is 17.6 Å². The molecule has 5 nitrogen and oxygen atoms in total. The number of sulfonamides is 1. The summed E-state index contributed by atoms with van der Waals surface area (Å²) in [6.45, 7) is 3.58. The molecule has 24 heavy (non-hydrogen) atoms. The molecule has 0 fully saturated rings. The number of rotatable bonds is 3. The minimum atomic E-state index is -3.90. The average molecular weight is 346 g/mol. The Bertz CT molecular complexity index is 977. The molecule has 124 valence electrons. The zero-order valence-corrected chi connectivity index (χ0v) is 13.9. The van der Waals surface area contributed by atoms with E-state index in [1.54, 1.807) is 19.9 Å². The van der Waals surface area contributed by atoms with Crippen molar-refractivity contribution in [1.82, 2.24) is 0 Å². The van der Waals surface area contributed by atoms with Crippen molar-refractivity contribution in [1.29, 1.82) is 0 Å². The number of halogens is 1. The van der Waals surface area contributed by atoms with E-state index in [4.69, 9.17) is 0 Å². The Morgan fingerprint density at radius 1 is 1.12 bits per heavy atom. The Morgan fingerprint density at radius 3 is 2.54 bits per heavy atom. The lowest BCUT2D eigenvalue weighted by molar-refractivity contribution is -0.110. The molecule has 0 saturated carbocycles. The molecule has 0 unspecified atom stereocenters. The molecule has 0 bridgehead atoms. The van der Waals surface area contributed by atoms with Gasteiger partial charge in [-0.2, -0.15) is 0 Å². The molecule has 1 amide bonds. The first-order valence-electron chi connectivity index (χ1n) is 7.19. The van der Waals surface area contributed by atoms with E-state index in [0.717, 1.165) is 11.6 Å². The van der Waals surface area contributed by atoms with Crippen LogP contribution in [0.2, 0.25) is 0 Å². The van der Waals surface area contributed by atoms with Crippen molar-refractivity contribution in [3.8, 4) is 0 Å². The van der Waals surface area contributed by atoms with Crippen LogP contribution in [-0.2, 0) is 14.8 Å². The summed E-state index contributed by atoms with van der Waals surface area (Å²) in [7, 11) is -3.90. The lowest BCUT2D eigenvalue weighted by atomic mass is 10.0. The maximum Gasteiger partial charge on any atom is 0.261 e. The predicted molar refractivity (Wildman–Crippen MR) is 90.5 cm³/mol. The van der Waals surface area contributed by atoms with E-state index in [9.17, 15) is 17.6 Å². The highest BCUT2D eigenvalue weighted by Gasteiger charge is 2.27. The second-order valence-electron chi connectivity index (χ2n) is 5.65. The fourth-order valence-electron chi connectivity index (χ4n) is 2.58. The largest absolute Gasteiger partial charge is 0.321 e. The molecular formula is C17H15FN2O3S. The minimum absolute atomic E-state index is 0.000705. The molecule has 0 spiro atoms. The monoisotopic (exact) mass is 346 g/mol. The van der Waals surface area contributed by atoms with Crippen LogP contribution in [0.1, 0.15) is 19.4 Å². The van der Waals surface area contributed by atoms with E-state index >= 15 is 0 Å². The number of carbonyl (C=O) groups is 1. The lowest BCUT2D eigenvalue weighted by Crippen LogP contribution is -2.13. The van der Waals surface area contributed by atoms with Gasteiger partial charge in [0.2, 0.25) is 0 Å². The SMILES string of the molecule is CC(C)=C1C(=O)Nc2ccc(S(=O)(=O)Nc3cccc(F)c3)cc21. The molecule has 2 N–H and O–H groups in total. The molecule has 2 aromatic rings. The van der Waals surface area contributed by atoms with E-state index in [0.29, 0.717) is 16.8 Å². The van der Waals surface area contributed by atoms with Crippen LogP contribution in [0.15, 0.2) is 52.9 Å². The van der Waals surface area contributed by atoms with Gasteiger partial charge in [-0.15, -0.1) is 0 Å². The number of allylic oxidation sites excluding steroid dienone is 1.